The van der Waals surface area contributed by atoms with Crippen molar-refractivity contribution >= 4 is 5.91 Å². The summed E-state index contributed by atoms with van der Waals surface area (Å²) in [5, 5.41) is 15.5. The number of carbonyl (C=O) groups is 1. The van der Waals surface area contributed by atoms with Gasteiger partial charge < -0.3 is 15.7 Å². The summed E-state index contributed by atoms with van der Waals surface area (Å²) in [6.07, 6.45) is 0. The number of hydrogen-bond donors (Lipinski definition) is 3. The van der Waals surface area contributed by atoms with Crippen molar-refractivity contribution in [2.24, 2.45) is 5.92 Å². The van der Waals surface area contributed by atoms with Gasteiger partial charge in [-0.2, -0.15) is 0 Å². The van der Waals surface area contributed by atoms with Gasteiger partial charge in [-0.1, -0.05) is 18.2 Å². The molecule has 25 heavy (non-hydrogen) atoms. The van der Waals surface area contributed by atoms with Gasteiger partial charge in [-0.15, -0.1) is 0 Å². The van der Waals surface area contributed by atoms with Crippen LogP contribution in [0, 0.1) is 12.8 Å². The van der Waals surface area contributed by atoms with E-state index in [0.717, 1.165) is 5.69 Å². The summed E-state index contributed by atoms with van der Waals surface area (Å²) < 4.78 is 3.35. The summed E-state index contributed by atoms with van der Waals surface area (Å²) >= 11 is 0. The largest absolute Gasteiger partial charge is 0.396 e. The Morgan fingerprint density at radius 1 is 1.32 bits per heavy atom. The van der Waals surface area contributed by atoms with Crippen LogP contribution >= 0.6 is 0 Å². The maximum Gasteiger partial charge on any atom is 0.284 e. The number of amides is 1. The van der Waals surface area contributed by atoms with Crippen LogP contribution < -0.4 is 16.2 Å². The molecule has 0 saturated carbocycles. The van der Waals surface area contributed by atoms with Gasteiger partial charge in [0.05, 0.1) is 11.4 Å². The Balaban J connectivity index is 1.98. The van der Waals surface area contributed by atoms with Crippen molar-refractivity contribution in [2.45, 2.75) is 26.4 Å². The molecule has 2 aromatic rings. The predicted molar refractivity (Wildman–Crippen MR) is 95.1 cm³/mol. The van der Waals surface area contributed by atoms with Crippen LogP contribution in [-0.2, 0) is 6.54 Å². The molecule has 0 aliphatic carbocycles. The third-order valence-corrected chi connectivity index (χ3v) is 4.81. The molecule has 2 unspecified atom stereocenters. The summed E-state index contributed by atoms with van der Waals surface area (Å²) in [6.45, 7) is 5.56. The number of rotatable bonds is 5. The van der Waals surface area contributed by atoms with Crippen LogP contribution in [0.4, 0.5) is 0 Å². The SMILES string of the molecule is CCn1c(C)c(C(=O)NC2CNCC2CO)c(=O)n1-c1ccccc1. The van der Waals surface area contributed by atoms with Crippen molar-refractivity contribution < 1.29 is 9.90 Å². The zero-order chi connectivity index (χ0) is 18.0. The summed E-state index contributed by atoms with van der Waals surface area (Å²) in [5.41, 5.74) is 1.21. The van der Waals surface area contributed by atoms with Crippen LogP contribution in [0.2, 0.25) is 0 Å². The molecular weight excluding hydrogens is 320 g/mol. The number of nitrogens with zero attached hydrogens (tertiary/aromatic N) is 2. The van der Waals surface area contributed by atoms with Crippen molar-refractivity contribution in [1.82, 2.24) is 20.0 Å². The highest BCUT2D eigenvalue weighted by Gasteiger charge is 2.30. The van der Waals surface area contributed by atoms with E-state index in [0.29, 0.717) is 25.3 Å². The molecule has 1 aliphatic rings. The van der Waals surface area contributed by atoms with Gasteiger partial charge in [-0.25, -0.2) is 4.68 Å². The summed E-state index contributed by atoms with van der Waals surface area (Å²) in [7, 11) is 0. The Morgan fingerprint density at radius 2 is 2.04 bits per heavy atom. The fourth-order valence-corrected chi connectivity index (χ4v) is 3.45. The summed E-state index contributed by atoms with van der Waals surface area (Å²) in [5.74, 6) is -0.416. The lowest BCUT2D eigenvalue weighted by Gasteiger charge is -2.17. The van der Waals surface area contributed by atoms with Gasteiger partial charge in [-0.05, 0) is 26.0 Å². The normalized spacial score (nSPS) is 20.0. The van der Waals surface area contributed by atoms with E-state index in [1.807, 2.05) is 41.9 Å². The van der Waals surface area contributed by atoms with Crippen LogP contribution in [0.15, 0.2) is 35.1 Å². The van der Waals surface area contributed by atoms with Crippen molar-refractivity contribution in [1.29, 1.82) is 0 Å². The van der Waals surface area contributed by atoms with Gasteiger partial charge in [0.25, 0.3) is 11.5 Å². The molecule has 134 valence electrons. The predicted octanol–water partition coefficient (Wildman–Crippen LogP) is 0.277. The van der Waals surface area contributed by atoms with E-state index in [-0.39, 0.29) is 35.6 Å². The minimum absolute atomic E-state index is 0.00114. The molecule has 7 nitrogen and oxygen atoms in total. The standard InChI is InChI=1S/C18H24N4O3/c1-3-21-12(2)16(17(24)20-15-10-19-9-13(15)11-23)18(25)22(21)14-7-5-4-6-8-14/h4-8,13,15,19,23H,3,9-11H2,1-2H3,(H,20,24). The van der Waals surface area contributed by atoms with Crippen LogP contribution in [0.1, 0.15) is 23.0 Å². The molecule has 3 N–H and O–H groups in total. The summed E-state index contributed by atoms with van der Waals surface area (Å²) in [6, 6.07) is 9.12. The number of hydrogen-bond acceptors (Lipinski definition) is 4. The second kappa shape index (κ2) is 7.25. The van der Waals surface area contributed by atoms with E-state index < -0.39 is 0 Å². The molecule has 0 spiro atoms. The Kier molecular flexibility index (Phi) is 5.06. The Morgan fingerprint density at radius 3 is 2.68 bits per heavy atom. The molecule has 2 heterocycles. The van der Waals surface area contributed by atoms with Gasteiger partial charge in [0.1, 0.15) is 5.56 Å². The minimum atomic E-state index is -0.383. The molecule has 1 aromatic carbocycles. The van der Waals surface area contributed by atoms with Crippen molar-refractivity contribution in [3.05, 3.63) is 51.9 Å². The molecule has 1 aromatic heterocycles. The molecule has 3 rings (SSSR count). The number of aromatic nitrogens is 2. The third kappa shape index (κ3) is 3.12. The smallest absolute Gasteiger partial charge is 0.284 e. The maximum absolute atomic E-state index is 13.0. The van der Waals surface area contributed by atoms with Crippen molar-refractivity contribution in [3.8, 4) is 5.69 Å². The topological polar surface area (TPSA) is 88.3 Å². The summed E-state index contributed by atoms with van der Waals surface area (Å²) in [4.78, 5) is 25.7. The first-order valence-corrected chi connectivity index (χ1v) is 8.58. The molecule has 0 radical (unpaired) electrons. The van der Waals surface area contributed by atoms with Crippen LogP contribution in [0.3, 0.4) is 0 Å². The molecule has 1 amide bonds. The van der Waals surface area contributed by atoms with Crippen molar-refractivity contribution in [2.75, 3.05) is 19.7 Å². The highest BCUT2D eigenvalue weighted by Crippen LogP contribution is 2.13. The van der Waals surface area contributed by atoms with Gasteiger partial charge in [0.15, 0.2) is 0 Å². The highest BCUT2D eigenvalue weighted by molar-refractivity contribution is 5.95. The first-order valence-electron chi connectivity index (χ1n) is 8.58. The number of nitrogens with one attached hydrogen (secondary N) is 2. The number of carbonyl (C=O) groups excluding carboxylic acids is 1. The zero-order valence-corrected chi connectivity index (χ0v) is 14.5. The minimum Gasteiger partial charge on any atom is -0.396 e. The van der Waals surface area contributed by atoms with Gasteiger partial charge in [0, 0.05) is 38.2 Å². The van der Waals surface area contributed by atoms with E-state index in [1.165, 1.54) is 0 Å². The quantitative estimate of drug-likeness (QED) is 0.727. The van der Waals surface area contributed by atoms with E-state index in [4.69, 9.17) is 0 Å². The number of aliphatic hydroxyl groups is 1. The van der Waals surface area contributed by atoms with Gasteiger partial charge in [0.2, 0.25) is 0 Å². The second-order valence-electron chi connectivity index (χ2n) is 6.31. The number of aliphatic hydroxyl groups excluding tert-OH is 1. The molecule has 1 fully saturated rings. The highest BCUT2D eigenvalue weighted by atomic mass is 16.3. The fourth-order valence-electron chi connectivity index (χ4n) is 3.45. The van der Waals surface area contributed by atoms with Crippen molar-refractivity contribution in [3.63, 3.8) is 0 Å². The monoisotopic (exact) mass is 344 g/mol. The average Bonchev–Trinajstić information content (AvgIpc) is 3.16. The van der Waals surface area contributed by atoms with Crippen LogP contribution in [-0.4, -0.2) is 46.1 Å². The number of benzene rings is 1. The fraction of sp³-hybridized carbons (Fsp3) is 0.444. The van der Waals surface area contributed by atoms with E-state index >= 15 is 0 Å². The number of para-hydroxylation sites is 1. The second-order valence-corrected chi connectivity index (χ2v) is 6.31. The van der Waals surface area contributed by atoms with Crippen LogP contribution in [0.5, 0.6) is 0 Å². The van der Waals surface area contributed by atoms with E-state index in [2.05, 4.69) is 10.6 Å². The molecule has 0 bridgehead atoms. The third-order valence-electron chi connectivity index (χ3n) is 4.81. The van der Waals surface area contributed by atoms with E-state index in [1.54, 1.807) is 11.6 Å². The maximum atomic E-state index is 13.0. The molecule has 1 aliphatic heterocycles. The van der Waals surface area contributed by atoms with Gasteiger partial charge in [-0.3, -0.25) is 14.3 Å². The first kappa shape index (κ1) is 17.4. The molecule has 2 atom stereocenters. The lowest BCUT2D eigenvalue weighted by molar-refractivity contribution is 0.0919. The van der Waals surface area contributed by atoms with Gasteiger partial charge >= 0.3 is 0 Å². The Bertz CT molecular complexity index is 810. The van der Waals surface area contributed by atoms with Crippen LogP contribution in [0.25, 0.3) is 5.69 Å². The van der Waals surface area contributed by atoms with E-state index in [9.17, 15) is 14.7 Å². The first-order chi connectivity index (χ1) is 12.1. The zero-order valence-electron chi connectivity index (χ0n) is 14.5. The molecular formula is C18H24N4O3. The Hall–Kier alpha value is -2.38. The molecule has 7 heteroatoms. The lowest BCUT2D eigenvalue weighted by Crippen LogP contribution is -2.43. The Labute approximate surface area is 146 Å². The lowest BCUT2D eigenvalue weighted by atomic mass is 10.0. The molecule has 1 saturated heterocycles. The average molecular weight is 344 g/mol.